The predicted octanol–water partition coefficient (Wildman–Crippen LogP) is 2.46. The second-order valence-electron chi connectivity index (χ2n) is 2.93. The molecule has 0 aliphatic rings. The van der Waals surface area contributed by atoms with E-state index in [1.807, 2.05) is 18.2 Å². The minimum absolute atomic E-state index is 0.368. The summed E-state index contributed by atoms with van der Waals surface area (Å²) in [5, 5.41) is 3.65. The smallest absolute Gasteiger partial charge is 0.151 e. The van der Waals surface area contributed by atoms with Gasteiger partial charge in [-0.3, -0.25) is 4.98 Å². The van der Waals surface area contributed by atoms with Crippen LogP contribution in [0.25, 0.3) is 0 Å². The Morgan fingerprint density at radius 3 is 2.73 bits per heavy atom. The molecule has 0 saturated carbocycles. The molecule has 2 rings (SSSR count). The van der Waals surface area contributed by atoms with Gasteiger partial charge < -0.3 is 11.1 Å². The van der Waals surface area contributed by atoms with E-state index in [1.165, 1.54) is 6.20 Å². The molecule has 3 N–H and O–H groups in total. The first-order valence-corrected chi connectivity index (χ1v) is 4.72. The van der Waals surface area contributed by atoms with Crippen molar-refractivity contribution in [1.82, 2.24) is 9.97 Å². The van der Waals surface area contributed by atoms with Gasteiger partial charge in [-0.15, -0.1) is 0 Å². The third-order valence-corrected chi connectivity index (χ3v) is 2.12. The third kappa shape index (κ3) is 2.35. The molecule has 0 saturated heterocycles. The highest BCUT2D eigenvalue weighted by Gasteiger charge is 2.00. The molecule has 76 valence electrons. The number of para-hydroxylation sites is 1. The summed E-state index contributed by atoms with van der Waals surface area (Å²) in [4.78, 5) is 7.97. The fraction of sp³-hybridized carbons (Fsp3) is 0. The van der Waals surface area contributed by atoms with Crippen LogP contribution in [0.5, 0.6) is 0 Å². The Hall–Kier alpha value is -1.81. The number of benzene rings is 1. The van der Waals surface area contributed by atoms with Gasteiger partial charge in [-0.2, -0.15) is 0 Å². The van der Waals surface area contributed by atoms with Crippen LogP contribution in [0.2, 0.25) is 5.02 Å². The Morgan fingerprint density at radius 1 is 1.20 bits per heavy atom. The number of nitrogens with zero attached hydrogens (tertiary/aromatic N) is 2. The molecule has 0 fully saturated rings. The van der Waals surface area contributed by atoms with Crippen LogP contribution in [0.1, 0.15) is 0 Å². The van der Waals surface area contributed by atoms with Crippen LogP contribution in [-0.4, -0.2) is 9.97 Å². The fourth-order valence-electron chi connectivity index (χ4n) is 1.14. The number of nitrogens with two attached hydrogens (primary N) is 1. The molecule has 0 aliphatic heterocycles. The summed E-state index contributed by atoms with van der Waals surface area (Å²) in [6.45, 7) is 0. The van der Waals surface area contributed by atoms with Crippen molar-refractivity contribution in [3.05, 3.63) is 41.7 Å². The minimum atomic E-state index is 0.368. The zero-order valence-corrected chi connectivity index (χ0v) is 8.57. The van der Waals surface area contributed by atoms with Crippen molar-refractivity contribution in [1.29, 1.82) is 0 Å². The molecule has 1 heterocycles. The van der Waals surface area contributed by atoms with E-state index in [4.69, 9.17) is 17.3 Å². The summed E-state index contributed by atoms with van der Waals surface area (Å²) in [5.74, 6) is 0.940. The molecule has 0 aliphatic carbocycles. The summed E-state index contributed by atoms with van der Waals surface area (Å²) in [5.41, 5.74) is 6.28. The van der Waals surface area contributed by atoms with E-state index in [-0.39, 0.29) is 0 Å². The minimum Gasteiger partial charge on any atom is -0.382 e. The Balaban J connectivity index is 2.26. The summed E-state index contributed by atoms with van der Waals surface area (Å²) in [6.07, 6.45) is 3.07. The molecule has 0 radical (unpaired) electrons. The molecule has 0 spiro atoms. The van der Waals surface area contributed by atoms with Crippen molar-refractivity contribution in [2.24, 2.45) is 0 Å². The standard InChI is InChI=1S/C10H9ClN4/c11-7-3-1-2-4-8(7)14-10-6-13-5-9(12)15-10/h1-6H,(H3,12,14,15). The molecular weight excluding hydrogens is 212 g/mol. The van der Waals surface area contributed by atoms with Crippen molar-refractivity contribution in [2.75, 3.05) is 11.1 Å². The largest absolute Gasteiger partial charge is 0.382 e. The number of rotatable bonds is 2. The number of halogens is 1. The maximum Gasteiger partial charge on any atom is 0.151 e. The molecule has 0 bridgehead atoms. The van der Waals surface area contributed by atoms with Gasteiger partial charge in [0.1, 0.15) is 5.82 Å². The van der Waals surface area contributed by atoms with Gasteiger partial charge in [0.2, 0.25) is 0 Å². The zero-order valence-electron chi connectivity index (χ0n) is 7.81. The van der Waals surface area contributed by atoms with Crippen LogP contribution >= 0.6 is 11.6 Å². The number of nitrogens with one attached hydrogen (secondary N) is 1. The second-order valence-corrected chi connectivity index (χ2v) is 3.34. The van der Waals surface area contributed by atoms with Crippen LogP contribution in [0.3, 0.4) is 0 Å². The average molecular weight is 221 g/mol. The lowest BCUT2D eigenvalue weighted by Gasteiger charge is -2.06. The predicted molar refractivity (Wildman–Crippen MR) is 61.2 cm³/mol. The van der Waals surface area contributed by atoms with Gasteiger partial charge in [0.15, 0.2) is 5.82 Å². The van der Waals surface area contributed by atoms with E-state index in [0.29, 0.717) is 16.7 Å². The SMILES string of the molecule is Nc1cncc(Nc2ccccc2Cl)n1. The monoisotopic (exact) mass is 220 g/mol. The molecule has 5 heteroatoms. The van der Waals surface area contributed by atoms with Gasteiger partial charge in [-0.25, -0.2) is 4.98 Å². The number of aromatic nitrogens is 2. The van der Waals surface area contributed by atoms with Crippen molar-refractivity contribution >= 4 is 28.9 Å². The van der Waals surface area contributed by atoms with Crippen LogP contribution in [0, 0.1) is 0 Å². The molecular formula is C10H9ClN4. The first-order chi connectivity index (χ1) is 7.25. The van der Waals surface area contributed by atoms with Crippen molar-refractivity contribution in [2.45, 2.75) is 0 Å². The molecule has 0 unspecified atom stereocenters. The topological polar surface area (TPSA) is 63.8 Å². The Kier molecular flexibility index (Phi) is 2.69. The average Bonchev–Trinajstić information content (AvgIpc) is 2.22. The van der Waals surface area contributed by atoms with Crippen molar-refractivity contribution in [3.8, 4) is 0 Å². The molecule has 0 amide bonds. The Labute approximate surface area is 92.1 Å². The lowest BCUT2D eigenvalue weighted by Crippen LogP contribution is -1.98. The molecule has 2 aromatic rings. The molecule has 15 heavy (non-hydrogen) atoms. The Bertz CT molecular complexity index is 472. The highest BCUT2D eigenvalue weighted by atomic mass is 35.5. The first-order valence-electron chi connectivity index (χ1n) is 4.35. The second kappa shape index (κ2) is 4.14. The summed E-state index contributed by atoms with van der Waals surface area (Å²) in [6, 6.07) is 7.39. The normalized spacial score (nSPS) is 9.93. The van der Waals surface area contributed by atoms with Crippen LogP contribution in [0.4, 0.5) is 17.3 Å². The van der Waals surface area contributed by atoms with Crippen LogP contribution in [0.15, 0.2) is 36.7 Å². The van der Waals surface area contributed by atoms with E-state index >= 15 is 0 Å². The van der Waals surface area contributed by atoms with E-state index in [9.17, 15) is 0 Å². The van der Waals surface area contributed by atoms with E-state index in [2.05, 4.69) is 15.3 Å². The third-order valence-electron chi connectivity index (χ3n) is 1.79. The van der Waals surface area contributed by atoms with E-state index in [0.717, 1.165) is 5.69 Å². The van der Waals surface area contributed by atoms with E-state index in [1.54, 1.807) is 12.3 Å². The summed E-state index contributed by atoms with van der Waals surface area (Å²) in [7, 11) is 0. The quantitative estimate of drug-likeness (QED) is 0.816. The highest BCUT2D eigenvalue weighted by molar-refractivity contribution is 6.33. The number of hydrogen-bond acceptors (Lipinski definition) is 4. The lowest BCUT2D eigenvalue weighted by molar-refractivity contribution is 1.21. The van der Waals surface area contributed by atoms with Gasteiger partial charge in [-0.1, -0.05) is 23.7 Å². The van der Waals surface area contributed by atoms with Crippen molar-refractivity contribution < 1.29 is 0 Å². The van der Waals surface area contributed by atoms with Crippen molar-refractivity contribution in [3.63, 3.8) is 0 Å². The maximum absolute atomic E-state index is 5.97. The molecule has 4 nitrogen and oxygen atoms in total. The van der Waals surface area contributed by atoms with Gasteiger partial charge in [-0.05, 0) is 12.1 Å². The zero-order chi connectivity index (χ0) is 10.7. The summed E-state index contributed by atoms with van der Waals surface area (Å²) < 4.78 is 0. The lowest BCUT2D eigenvalue weighted by atomic mass is 10.3. The van der Waals surface area contributed by atoms with E-state index < -0.39 is 0 Å². The maximum atomic E-state index is 5.97. The van der Waals surface area contributed by atoms with Gasteiger partial charge in [0.05, 0.1) is 23.1 Å². The van der Waals surface area contributed by atoms with Crippen LogP contribution in [-0.2, 0) is 0 Å². The highest BCUT2D eigenvalue weighted by Crippen LogP contribution is 2.23. The fourth-order valence-corrected chi connectivity index (χ4v) is 1.32. The van der Waals surface area contributed by atoms with Gasteiger partial charge in [0.25, 0.3) is 0 Å². The molecule has 1 aromatic carbocycles. The number of anilines is 3. The number of nitrogen functional groups attached to an aromatic ring is 1. The Morgan fingerprint density at radius 2 is 2.00 bits per heavy atom. The molecule has 1 aromatic heterocycles. The van der Waals surface area contributed by atoms with Gasteiger partial charge >= 0.3 is 0 Å². The van der Waals surface area contributed by atoms with Crippen LogP contribution < -0.4 is 11.1 Å². The number of hydrogen-bond donors (Lipinski definition) is 2. The van der Waals surface area contributed by atoms with Gasteiger partial charge in [0, 0.05) is 0 Å². The molecule has 0 atom stereocenters. The summed E-state index contributed by atoms with van der Waals surface area (Å²) >= 11 is 5.97. The first kappa shape index (κ1) is 9.73.